The molecule has 0 saturated carbocycles. The van der Waals surface area contributed by atoms with E-state index in [2.05, 4.69) is 11.9 Å². The summed E-state index contributed by atoms with van der Waals surface area (Å²) in [6.07, 6.45) is 7.31. The van der Waals surface area contributed by atoms with Crippen molar-refractivity contribution >= 4 is 34.2 Å². The van der Waals surface area contributed by atoms with Crippen molar-refractivity contribution in [3.8, 4) is 0 Å². The summed E-state index contributed by atoms with van der Waals surface area (Å²) >= 11 is 12.4. The standard InChI is InChI=1S/C18H18Cl2N2O3/c1-2-3-14-9-23-18(25-14,10-22-5-4-21-11-22)16-7-12-6-13(19)8-15(20)17(12)24-16/h4-8,11,14H,2-3,9-10H2,1H3. The first kappa shape index (κ1) is 16.9. The van der Waals surface area contributed by atoms with E-state index in [0.717, 1.165) is 18.2 Å². The third-order valence-electron chi connectivity index (χ3n) is 4.33. The number of benzene rings is 1. The lowest BCUT2D eigenvalue weighted by Gasteiger charge is -2.26. The van der Waals surface area contributed by atoms with E-state index in [4.69, 9.17) is 37.1 Å². The average molecular weight is 381 g/mol. The Bertz CT molecular complexity index is 878. The monoisotopic (exact) mass is 380 g/mol. The van der Waals surface area contributed by atoms with Crippen LogP contribution < -0.4 is 0 Å². The van der Waals surface area contributed by atoms with E-state index in [1.54, 1.807) is 18.6 Å². The third-order valence-corrected chi connectivity index (χ3v) is 4.83. The summed E-state index contributed by atoms with van der Waals surface area (Å²) in [5, 5.41) is 1.85. The number of halogens is 2. The van der Waals surface area contributed by atoms with Crippen LogP contribution in [0.2, 0.25) is 10.0 Å². The molecule has 2 unspecified atom stereocenters. The van der Waals surface area contributed by atoms with Gasteiger partial charge in [0.05, 0.1) is 30.6 Å². The quantitative estimate of drug-likeness (QED) is 0.624. The Balaban J connectivity index is 1.77. The molecule has 0 N–H and O–H groups in total. The minimum absolute atomic E-state index is 0.0285. The number of fused-ring (bicyclic) bond motifs is 1. The lowest BCUT2D eigenvalue weighted by molar-refractivity contribution is -0.198. The van der Waals surface area contributed by atoms with Crippen molar-refractivity contribution in [2.45, 2.75) is 38.2 Å². The number of imidazole rings is 1. The smallest absolute Gasteiger partial charge is 0.247 e. The molecule has 0 bridgehead atoms. The largest absolute Gasteiger partial charge is 0.454 e. The fourth-order valence-electron chi connectivity index (χ4n) is 3.20. The van der Waals surface area contributed by atoms with E-state index in [1.165, 1.54) is 0 Å². The zero-order valence-electron chi connectivity index (χ0n) is 13.7. The first-order valence-corrected chi connectivity index (χ1v) is 9.02. The summed E-state index contributed by atoms with van der Waals surface area (Å²) in [5.41, 5.74) is 0.581. The van der Waals surface area contributed by atoms with E-state index in [9.17, 15) is 0 Å². The highest BCUT2D eigenvalue weighted by molar-refractivity contribution is 6.38. The first-order valence-electron chi connectivity index (χ1n) is 8.26. The molecule has 1 aliphatic heterocycles. The highest BCUT2D eigenvalue weighted by atomic mass is 35.5. The van der Waals surface area contributed by atoms with E-state index < -0.39 is 5.79 Å². The molecule has 132 valence electrons. The SMILES string of the molecule is CCCC1COC(Cn2ccnc2)(c2cc3cc(Cl)cc(Cl)c3o2)O1. The van der Waals surface area contributed by atoms with Crippen molar-refractivity contribution in [1.29, 1.82) is 0 Å². The molecule has 1 saturated heterocycles. The van der Waals surface area contributed by atoms with Gasteiger partial charge in [0, 0.05) is 22.8 Å². The molecule has 1 fully saturated rings. The van der Waals surface area contributed by atoms with Crippen molar-refractivity contribution < 1.29 is 13.9 Å². The van der Waals surface area contributed by atoms with Gasteiger partial charge in [-0.25, -0.2) is 4.98 Å². The number of rotatable bonds is 5. The van der Waals surface area contributed by atoms with Gasteiger partial charge >= 0.3 is 0 Å². The Kier molecular flexibility index (Phi) is 4.50. The summed E-state index contributed by atoms with van der Waals surface area (Å²) in [6.45, 7) is 3.09. The molecule has 0 amide bonds. The van der Waals surface area contributed by atoms with Gasteiger partial charge in [-0.2, -0.15) is 0 Å². The van der Waals surface area contributed by atoms with Gasteiger partial charge in [-0.15, -0.1) is 0 Å². The Hall–Kier alpha value is -1.53. The molecule has 7 heteroatoms. The highest BCUT2D eigenvalue weighted by Crippen LogP contribution is 2.41. The number of aromatic nitrogens is 2. The minimum atomic E-state index is -1.00. The second kappa shape index (κ2) is 6.65. The van der Waals surface area contributed by atoms with Crippen molar-refractivity contribution in [2.75, 3.05) is 6.61 Å². The number of ether oxygens (including phenoxy) is 2. The van der Waals surface area contributed by atoms with Crippen LogP contribution in [0.15, 0.2) is 41.3 Å². The molecule has 0 aliphatic carbocycles. The number of furan rings is 1. The summed E-state index contributed by atoms with van der Waals surface area (Å²) in [5.74, 6) is -0.422. The minimum Gasteiger partial charge on any atom is -0.454 e. The van der Waals surface area contributed by atoms with Gasteiger partial charge in [-0.1, -0.05) is 36.5 Å². The van der Waals surface area contributed by atoms with Crippen LogP contribution in [-0.2, 0) is 21.8 Å². The van der Waals surface area contributed by atoms with Gasteiger partial charge in [0.2, 0.25) is 5.79 Å². The molecule has 5 nitrogen and oxygen atoms in total. The fourth-order valence-corrected chi connectivity index (χ4v) is 3.75. The summed E-state index contributed by atoms with van der Waals surface area (Å²) < 4.78 is 20.4. The predicted molar refractivity (Wildman–Crippen MR) is 95.9 cm³/mol. The average Bonchev–Trinajstić information content (AvgIpc) is 3.28. The fraction of sp³-hybridized carbons (Fsp3) is 0.389. The zero-order valence-corrected chi connectivity index (χ0v) is 15.3. The second-order valence-corrected chi connectivity index (χ2v) is 7.09. The van der Waals surface area contributed by atoms with E-state index in [0.29, 0.717) is 34.5 Å². The lowest BCUT2D eigenvalue weighted by atomic mass is 10.1. The number of hydrogen-bond acceptors (Lipinski definition) is 4. The Labute approximate surface area is 155 Å². The molecule has 0 spiro atoms. The lowest BCUT2D eigenvalue weighted by Crippen LogP contribution is -2.32. The van der Waals surface area contributed by atoms with Gasteiger partial charge in [0.1, 0.15) is 0 Å². The van der Waals surface area contributed by atoms with Crippen LogP contribution in [-0.4, -0.2) is 22.3 Å². The molecule has 3 heterocycles. The normalized spacial score (nSPS) is 23.6. The van der Waals surface area contributed by atoms with E-state index in [-0.39, 0.29) is 6.10 Å². The maximum absolute atomic E-state index is 6.31. The third kappa shape index (κ3) is 3.17. The predicted octanol–water partition coefficient (Wildman–Crippen LogP) is 5.00. The van der Waals surface area contributed by atoms with Gasteiger partial charge in [0.25, 0.3) is 0 Å². The Morgan fingerprint density at radius 2 is 2.20 bits per heavy atom. The van der Waals surface area contributed by atoms with Crippen LogP contribution in [0.3, 0.4) is 0 Å². The molecule has 1 aliphatic rings. The Morgan fingerprint density at radius 1 is 1.32 bits per heavy atom. The maximum Gasteiger partial charge on any atom is 0.247 e. The second-order valence-electron chi connectivity index (χ2n) is 6.24. The van der Waals surface area contributed by atoms with Crippen LogP contribution in [0.4, 0.5) is 0 Å². The molecular weight excluding hydrogens is 363 g/mol. The number of hydrogen-bond donors (Lipinski definition) is 0. The van der Waals surface area contributed by atoms with Gasteiger partial charge < -0.3 is 18.5 Å². The van der Waals surface area contributed by atoms with Crippen LogP contribution in [0.1, 0.15) is 25.5 Å². The van der Waals surface area contributed by atoms with Crippen LogP contribution in [0, 0.1) is 0 Å². The first-order chi connectivity index (χ1) is 12.1. The van der Waals surface area contributed by atoms with Crippen molar-refractivity contribution in [3.05, 3.63) is 52.7 Å². The molecule has 25 heavy (non-hydrogen) atoms. The van der Waals surface area contributed by atoms with Crippen molar-refractivity contribution in [1.82, 2.24) is 9.55 Å². The topological polar surface area (TPSA) is 49.4 Å². The molecular formula is C18H18Cl2N2O3. The van der Waals surface area contributed by atoms with Crippen LogP contribution >= 0.6 is 23.2 Å². The maximum atomic E-state index is 6.31. The molecule has 2 aromatic heterocycles. The Morgan fingerprint density at radius 3 is 2.96 bits per heavy atom. The van der Waals surface area contributed by atoms with Crippen LogP contribution in [0.25, 0.3) is 11.0 Å². The number of nitrogens with zero attached hydrogens (tertiary/aromatic N) is 2. The molecule has 4 rings (SSSR count). The summed E-state index contributed by atoms with van der Waals surface area (Å²) in [6, 6.07) is 5.37. The van der Waals surface area contributed by atoms with E-state index in [1.807, 2.05) is 22.9 Å². The van der Waals surface area contributed by atoms with Crippen molar-refractivity contribution in [3.63, 3.8) is 0 Å². The molecule has 0 radical (unpaired) electrons. The summed E-state index contributed by atoms with van der Waals surface area (Å²) in [7, 11) is 0. The van der Waals surface area contributed by atoms with E-state index >= 15 is 0 Å². The molecule has 1 aromatic carbocycles. The van der Waals surface area contributed by atoms with Gasteiger partial charge in [0.15, 0.2) is 11.3 Å². The van der Waals surface area contributed by atoms with Gasteiger partial charge in [-0.3, -0.25) is 0 Å². The van der Waals surface area contributed by atoms with Gasteiger partial charge in [-0.05, 0) is 24.6 Å². The zero-order chi connectivity index (χ0) is 17.4. The van der Waals surface area contributed by atoms with Crippen LogP contribution in [0.5, 0.6) is 0 Å². The molecule has 2 atom stereocenters. The summed E-state index contributed by atoms with van der Waals surface area (Å²) in [4.78, 5) is 4.10. The van der Waals surface area contributed by atoms with Crippen molar-refractivity contribution in [2.24, 2.45) is 0 Å². The molecule has 3 aromatic rings. The highest BCUT2D eigenvalue weighted by Gasteiger charge is 2.46.